The Balaban J connectivity index is 1.63. The first-order valence-electron chi connectivity index (χ1n) is 9.06. The summed E-state index contributed by atoms with van der Waals surface area (Å²) in [5.74, 6) is -1.50. The number of carbonyl (C=O) groups excluding carboxylic acids is 1. The lowest BCUT2D eigenvalue weighted by Gasteiger charge is -2.07. The van der Waals surface area contributed by atoms with Crippen LogP contribution in [0.25, 0.3) is 22.2 Å². The van der Waals surface area contributed by atoms with Crippen LogP contribution in [0.5, 0.6) is 0 Å². The third-order valence-electron chi connectivity index (χ3n) is 4.94. The molecule has 4 aromatic rings. The highest BCUT2D eigenvalue weighted by Crippen LogP contribution is 2.33. The van der Waals surface area contributed by atoms with Gasteiger partial charge in [0.05, 0.1) is 22.5 Å². The van der Waals surface area contributed by atoms with Crippen LogP contribution >= 0.6 is 0 Å². The number of benzene rings is 2. The van der Waals surface area contributed by atoms with Crippen LogP contribution in [0.1, 0.15) is 27.2 Å². The van der Waals surface area contributed by atoms with E-state index in [0.29, 0.717) is 23.5 Å². The van der Waals surface area contributed by atoms with Gasteiger partial charge in [-0.15, -0.1) is 0 Å². The normalized spacial score (nSPS) is 11.0. The van der Waals surface area contributed by atoms with E-state index in [-0.39, 0.29) is 11.5 Å². The lowest BCUT2D eigenvalue weighted by atomic mass is 10.0. The zero-order valence-corrected chi connectivity index (χ0v) is 15.9. The maximum Gasteiger partial charge on any atom is 0.254 e. The van der Waals surface area contributed by atoms with E-state index >= 15 is 0 Å². The molecule has 0 saturated heterocycles. The van der Waals surface area contributed by atoms with Gasteiger partial charge in [0, 0.05) is 23.6 Å². The lowest BCUT2D eigenvalue weighted by Crippen LogP contribution is -2.24. The molecule has 0 radical (unpaired) electrons. The third-order valence-corrected chi connectivity index (χ3v) is 4.94. The second kappa shape index (κ2) is 7.43. The predicted molar refractivity (Wildman–Crippen MR) is 106 cm³/mol. The van der Waals surface area contributed by atoms with Crippen molar-refractivity contribution in [2.24, 2.45) is 0 Å². The molecule has 0 aliphatic carbocycles. The Morgan fingerprint density at radius 3 is 2.62 bits per heavy atom. The van der Waals surface area contributed by atoms with Crippen molar-refractivity contribution in [1.29, 1.82) is 0 Å². The van der Waals surface area contributed by atoms with Gasteiger partial charge in [0.25, 0.3) is 5.91 Å². The fourth-order valence-electron chi connectivity index (χ4n) is 3.36. The fraction of sp³-hybridized carbons (Fsp3) is 0.136. The molecule has 146 valence electrons. The highest BCUT2D eigenvalue weighted by Gasteiger charge is 2.17. The molecule has 2 heterocycles. The number of aromatic amines is 1. The molecule has 0 bridgehead atoms. The van der Waals surface area contributed by atoms with Crippen molar-refractivity contribution >= 4 is 16.8 Å². The van der Waals surface area contributed by atoms with E-state index in [2.05, 4.69) is 20.3 Å². The van der Waals surface area contributed by atoms with Crippen LogP contribution in [0.15, 0.2) is 48.9 Å². The van der Waals surface area contributed by atoms with Crippen molar-refractivity contribution in [2.45, 2.75) is 20.4 Å². The summed E-state index contributed by atoms with van der Waals surface area (Å²) in [6, 6.07) is 9.40. The molecule has 4 rings (SSSR count). The number of nitrogens with one attached hydrogen (secondary N) is 2. The number of hydrogen-bond donors (Lipinski definition) is 2. The number of carbonyl (C=O) groups is 1. The molecule has 2 aromatic heterocycles. The first-order valence-corrected chi connectivity index (χ1v) is 9.06. The first-order chi connectivity index (χ1) is 14.0. The number of rotatable bonds is 4. The van der Waals surface area contributed by atoms with Gasteiger partial charge in [0.1, 0.15) is 18.0 Å². The lowest BCUT2D eigenvalue weighted by molar-refractivity contribution is 0.0949. The van der Waals surface area contributed by atoms with Crippen molar-refractivity contribution in [2.75, 3.05) is 0 Å². The van der Waals surface area contributed by atoms with Gasteiger partial charge in [0.15, 0.2) is 0 Å². The molecular weight excluding hydrogens is 374 g/mol. The summed E-state index contributed by atoms with van der Waals surface area (Å²) in [5, 5.41) is 3.69. The van der Waals surface area contributed by atoms with Gasteiger partial charge in [-0.2, -0.15) is 0 Å². The van der Waals surface area contributed by atoms with Crippen LogP contribution < -0.4 is 5.32 Å². The average molecular weight is 392 g/mol. The summed E-state index contributed by atoms with van der Waals surface area (Å²) in [4.78, 5) is 23.4. The van der Waals surface area contributed by atoms with Gasteiger partial charge < -0.3 is 10.3 Å². The topological polar surface area (TPSA) is 70.7 Å². The van der Waals surface area contributed by atoms with E-state index in [1.165, 1.54) is 30.7 Å². The molecule has 0 aliphatic heterocycles. The molecule has 7 heteroatoms. The van der Waals surface area contributed by atoms with E-state index in [1.54, 1.807) is 6.92 Å². The molecular formula is C22H18F2N4O. The largest absolute Gasteiger partial charge is 0.354 e. The standard InChI is InChI=1S/C22H18F2N4O/c1-12-15-8-14(9-26-22(29)16-10-25-11-27-13(16)2)6-7-19(15)28-21(12)20-17(23)4-3-5-18(20)24/h3-8,10-11,28H,9H2,1-2H3,(H,26,29). The van der Waals surface area contributed by atoms with Crippen LogP contribution in [-0.2, 0) is 6.54 Å². The maximum absolute atomic E-state index is 14.2. The zero-order chi connectivity index (χ0) is 20.5. The van der Waals surface area contributed by atoms with Gasteiger partial charge in [0.2, 0.25) is 0 Å². The number of hydrogen-bond acceptors (Lipinski definition) is 3. The summed E-state index contributed by atoms with van der Waals surface area (Å²) in [5.41, 5.74) is 3.73. The molecule has 0 aliphatic rings. The minimum Gasteiger partial charge on any atom is -0.354 e. The number of aryl methyl sites for hydroxylation is 2. The quantitative estimate of drug-likeness (QED) is 0.539. The summed E-state index contributed by atoms with van der Waals surface area (Å²) in [7, 11) is 0. The van der Waals surface area contributed by atoms with Crippen LogP contribution in [0.3, 0.4) is 0 Å². The molecule has 29 heavy (non-hydrogen) atoms. The SMILES string of the molecule is Cc1ncncc1C(=O)NCc1ccc2[nH]c(-c3c(F)cccc3F)c(C)c2c1. The monoisotopic (exact) mass is 392 g/mol. The summed E-state index contributed by atoms with van der Waals surface area (Å²) in [6.07, 6.45) is 2.87. The van der Waals surface area contributed by atoms with Crippen LogP contribution in [0.2, 0.25) is 0 Å². The van der Waals surface area contributed by atoms with E-state index in [0.717, 1.165) is 22.0 Å². The summed E-state index contributed by atoms with van der Waals surface area (Å²) < 4.78 is 28.4. The zero-order valence-electron chi connectivity index (χ0n) is 15.9. The van der Waals surface area contributed by atoms with Gasteiger partial charge in [-0.25, -0.2) is 18.7 Å². The smallest absolute Gasteiger partial charge is 0.254 e. The third kappa shape index (κ3) is 3.47. The first kappa shape index (κ1) is 18.7. The molecule has 1 amide bonds. The van der Waals surface area contributed by atoms with E-state index in [9.17, 15) is 13.6 Å². The Bertz CT molecular complexity index is 1210. The number of nitrogens with zero attached hydrogens (tertiary/aromatic N) is 2. The minimum absolute atomic E-state index is 0.0735. The Kier molecular flexibility index (Phi) is 4.80. The van der Waals surface area contributed by atoms with Crippen molar-refractivity contribution in [3.8, 4) is 11.3 Å². The van der Waals surface area contributed by atoms with Gasteiger partial charge in [-0.05, 0) is 49.2 Å². The van der Waals surface area contributed by atoms with Crippen molar-refractivity contribution < 1.29 is 13.6 Å². The molecule has 2 aromatic carbocycles. The number of aromatic nitrogens is 3. The molecule has 0 atom stereocenters. The molecule has 0 unspecified atom stereocenters. The van der Waals surface area contributed by atoms with Gasteiger partial charge >= 0.3 is 0 Å². The van der Waals surface area contributed by atoms with E-state index < -0.39 is 11.6 Å². The number of amides is 1. The molecule has 2 N–H and O–H groups in total. The molecule has 0 saturated carbocycles. The Morgan fingerprint density at radius 1 is 1.14 bits per heavy atom. The molecule has 5 nitrogen and oxygen atoms in total. The predicted octanol–water partition coefficient (Wildman–Crippen LogP) is 4.45. The van der Waals surface area contributed by atoms with Crippen LogP contribution in [0, 0.1) is 25.5 Å². The van der Waals surface area contributed by atoms with Gasteiger partial charge in [-0.3, -0.25) is 4.79 Å². The molecule has 0 fully saturated rings. The maximum atomic E-state index is 14.2. The fourth-order valence-corrected chi connectivity index (χ4v) is 3.36. The molecule has 0 spiro atoms. The van der Waals surface area contributed by atoms with Crippen molar-refractivity contribution in [3.63, 3.8) is 0 Å². The van der Waals surface area contributed by atoms with Crippen molar-refractivity contribution in [3.05, 3.63) is 82.9 Å². The highest BCUT2D eigenvalue weighted by molar-refractivity contribution is 5.95. The number of fused-ring (bicyclic) bond motifs is 1. The van der Waals surface area contributed by atoms with Gasteiger partial charge in [-0.1, -0.05) is 12.1 Å². The van der Waals surface area contributed by atoms with Crippen LogP contribution in [-0.4, -0.2) is 20.9 Å². The summed E-state index contributed by atoms with van der Waals surface area (Å²) >= 11 is 0. The second-order valence-electron chi connectivity index (χ2n) is 6.81. The number of H-pyrrole nitrogens is 1. The van der Waals surface area contributed by atoms with E-state index in [1.807, 2.05) is 25.1 Å². The summed E-state index contributed by atoms with van der Waals surface area (Å²) in [6.45, 7) is 3.86. The Labute approximate surface area is 165 Å². The second-order valence-corrected chi connectivity index (χ2v) is 6.81. The minimum atomic E-state index is -0.618. The average Bonchev–Trinajstić information content (AvgIpc) is 3.02. The number of halogens is 2. The van der Waals surface area contributed by atoms with E-state index in [4.69, 9.17) is 0 Å². The van der Waals surface area contributed by atoms with Crippen LogP contribution in [0.4, 0.5) is 8.78 Å². The Hall–Kier alpha value is -3.61. The van der Waals surface area contributed by atoms with Crippen molar-refractivity contribution in [1.82, 2.24) is 20.3 Å². The Morgan fingerprint density at radius 2 is 1.90 bits per heavy atom. The highest BCUT2D eigenvalue weighted by atomic mass is 19.1.